The predicted octanol–water partition coefficient (Wildman–Crippen LogP) is 0.249. The molecule has 1 fully saturated rings. The number of rotatable bonds is 6. The topological polar surface area (TPSA) is 79.3 Å². The van der Waals surface area contributed by atoms with Crippen LogP contribution >= 0.6 is 0 Å². The van der Waals surface area contributed by atoms with Gasteiger partial charge in [0.25, 0.3) is 0 Å². The van der Waals surface area contributed by atoms with Crippen molar-refractivity contribution < 1.29 is 24.2 Å². The second kappa shape index (κ2) is 7.30. The molecule has 0 bridgehead atoms. The van der Waals surface area contributed by atoms with Crippen LogP contribution in [0.3, 0.4) is 0 Å². The van der Waals surface area contributed by atoms with E-state index >= 15 is 0 Å². The summed E-state index contributed by atoms with van der Waals surface area (Å²) in [7, 11) is 4.79. The molecule has 1 N–H and O–H groups in total. The second-order valence-corrected chi connectivity index (χ2v) is 4.65. The Bertz CT molecular complexity index is 323. The molecule has 19 heavy (non-hydrogen) atoms. The van der Waals surface area contributed by atoms with E-state index in [1.807, 2.05) is 0 Å². The van der Waals surface area contributed by atoms with Crippen molar-refractivity contribution in [3.63, 3.8) is 0 Å². The number of amides is 2. The summed E-state index contributed by atoms with van der Waals surface area (Å²) < 4.78 is 10.1. The van der Waals surface area contributed by atoms with Gasteiger partial charge >= 0.3 is 12.0 Å². The Kier molecular flexibility index (Phi) is 6.04. The number of carbonyl (C=O) groups is 2. The number of methoxy groups -OCH3 is 2. The van der Waals surface area contributed by atoms with E-state index < -0.39 is 12.0 Å². The maximum atomic E-state index is 12.2. The zero-order valence-electron chi connectivity index (χ0n) is 11.7. The zero-order valence-corrected chi connectivity index (χ0v) is 11.7. The lowest BCUT2D eigenvalue weighted by Crippen LogP contribution is -2.47. The van der Waals surface area contributed by atoms with Crippen LogP contribution in [0, 0.1) is 0 Å². The molecule has 0 aliphatic carbocycles. The Morgan fingerprint density at radius 3 is 2.63 bits per heavy atom. The molecule has 1 saturated heterocycles. The van der Waals surface area contributed by atoms with E-state index in [2.05, 4.69) is 0 Å². The summed E-state index contributed by atoms with van der Waals surface area (Å²) in [5, 5.41) is 9.15. The Balaban J connectivity index is 2.60. The van der Waals surface area contributed by atoms with Crippen LogP contribution in [0.2, 0.25) is 0 Å². The normalized spacial score (nSPS) is 22.6. The summed E-state index contributed by atoms with van der Waals surface area (Å²) in [5.74, 6) is -0.988. The van der Waals surface area contributed by atoms with Crippen molar-refractivity contribution in [3.05, 3.63) is 0 Å². The molecule has 0 aromatic heterocycles. The molecule has 1 heterocycles. The lowest BCUT2D eigenvalue weighted by atomic mass is 10.2. The molecule has 2 amide bonds. The Hall–Kier alpha value is -1.34. The maximum Gasteiger partial charge on any atom is 0.326 e. The quantitative estimate of drug-likeness (QED) is 0.702. The van der Waals surface area contributed by atoms with E-state index in [9.17, 15) is 9.59 Å². The Morgan fingerprint density at radius 2 is 2.11 bits per heavy atom. The van der Waals surface area contributed by atoms with Gasteiger partial charge in [-0.05, 0) is 6.42 Å². The van der Waals surface area contributed by atoms with Crippen LogP contribution in [0.15, 0.2) is 0 Å². The SMILES string of the molecule is COCCCN(C)C(=O)N1CC(OC)CC1C(=O)O. The smallest absolute Gasteiger partial charge is 0.326 e. The molecule has 0 aromatic rings. The predicted molar refractivity (Wildman–Crippen MR) is 68.1 cm³/mol. The number of ether oxygens (including phenoxy) is 2. The first-order valence-electron chi connectivity index (χ1n) is 6.27. The zero-order chi connectivity index (χ0) is 14.4. The number of hydrogen-bond acceptors (Lipinski definition) is 4. The number of urea groups is 1. The van der Waals surface area contributed by atoms with Crippen LogP contribution in [0.1, 0.15) is 12.8 Å². The number of carbonyl (C=O) groups excluding carboxylic acids is 1. The number of carboxylic acids is 1. The maximum absolute atomic E-state index is 12.2. The lowest BCUT2D eigenvalue weighted by molar-refractivity contribution is -0.141. The van der Waals surface area contributed by atoms with Gasteiger partial charge in [0.05, 0.1) is 6.10 Å². The van der Waals surface area contributed by atoms with Gasteiger partial charge in [0.15, 0.2) is 0 Å². The van der Waals surface area contributed by atoms with Gasteiger partial charge in [0.2, 0.25) is 0 Å². The van der Waals surface area contributed by atoms with Crippen LogP contribution in [-0.2, 0) is 14.3 Å². The first-order chi connectivity index (χ1) is 9.01. The van der Waals surface area contributed by atoms with E-state index in [1.54, 1.807) is 14.2 Å². The van der Waals surface area contributed by atoms with E-state index in [0.29, 0.717) is 26.1 Å². The van der Waals surface area contributed by atoms with Gasteiger partial charge in [-0.2, -0.15) is 0 Å². The van der Waals surface area contributed by atoms with Gasteiger partial charge in [-0.15, -0.1) is 0 Å². The average molecular weight is 274 g/mol. The fraction of sp³-hybridized carbons (Fsp3) is 0.833. The van der Waals surface area contributed by atoms with Gasteiger partial charge in [-0.3, -0.25) is 0 Å². The molecule has 0 spiro atoms. The van der Waals surface area contributed by atoms with Crippen LogP contribution in [0.5, 0.6) is 0 Å². The molecule has 2 atom stereocenters. The van der Waals surface area contributed by atoms with Crippen molar-refractivity contribution in [2.24, 2.45) is 0 Å². The van der Waals surface area contributed by atoms with Gasteiger partial charge in [0, 0.05) is 47.4 Å². The standard InChI is InChI=1S/C12H22N2O5/c1-13(5-4-6-18-2)12(17)14-8-9(19-3)7-10(14)11(15)16/h9-10H,4-8H2,1-3H3,(H,15,16). The van der Waals surface area contributed by atoms with Gasteiger partial charge in [-0.1, -0.05) is 0 Å². The molecular weight excluding hydrogens is 252 g/mol. The number of carboxylic acid groups (broad SMARTS) is 1. The van der Waals surface area contributed by atoms with Crippen LogP contribution in [0.25, 0.3) is 0 Å². The van der Waals surface area contributed by atoms with E-state index in [0.717, 1.165) is 6.42 Å². The first kappa shape index (κ1) is 15.7. The number of nitrogens with zero attached hydrogens (tertiary/aromatic N) is 2. The van der Waals surface area contributed by atoms with Crippen molar-refractivity contribution in [2.75, 3.05) is 41.0 Å². The summed E-state index contributed by atoms with van der Waals surface area (Å²) in [6.45, 7) is 1.43. The minimum atomic E-state index is -0.988. The molecule has 0 aromatic carbocycles. The number of likely N-dealkylation sites (tertiary alicyclic amines) is 1. The summed E-state index contributed by atoms with van der Waals surface area (Å²) in [6.07, 6.45) is 0.846. The minimum absolute atomic E-state index is 0.211. The van der Waals surface area contributed by atoms with Crippen molar-refractivity contribution in [1.82, 2.24) is 9.80 Å². The molecule has 1 aliphatic rings. The van der Waals surface area contributed by atoms with E-state index in [1.165, 1.54) is 16.9 Å². The third-order valence-corrected chi connectivity index (χ3v) is 3.30. The highest BCUT2D eigenvalue weighted by Gasteiger charge is 2.40. The third kappa shape index (κ3) is 4.07. The first-order valence-corrected chi connectivity index (χ1v) is 6.27. The molecular formula is C12H22N2O5. The minimum Gasteiger partial charge on any atom is -0.480 e. The van der Waals surface area contributed by atoms with Crippen LogP contribution in [-0.4, -0.2) is 80.0 Å². The van der Waals surface area contributed by atoms with Crippen molar-refractivity contribution in [2.45, 2.75) is 25.0 Å². The van der Waals surface area contributed by atoms with Crippen LogP contribution in [0.4, 0.5) is 4.79 Å². The Labute approximate surface area is 113 Å². The van der Waals surface area contributed by atoms with Crippen molar-refractivity contribution in [1.29, 1.82) is 0 Å². The molecule has 110 valence electrons. The fourth-order valence-electron chi connectivity index (χ4n) is 2.17. The van der Waals surface area contributed by atoms with E-state index in [4.69, 9.17) is 14.6 Å². The molecule has 1 rings (SSSR count). The van der Waals surface area contributed by atoms with Gasteiger partial charge in [-0.25, -0.2) is 9.59 Å². The van der Waals surface area contributed by atoms with Crippen LogP contribution < -0.4 is 0 Å². The number of hydrogen-bond donors (Lipinski definition) is 1. The number of aliphatic carboxylic acids is 1. The molecule has 1 aliphatic heterocycles. The average Bonchev–Trinajstić information content (AvgIpc) is 2.82. The third-order valence-electron chi connectivity index (χ3n) is 3.30. The highest BCUT2D eigenvalue weighted by atomic mass is 16.5. The summed E-state index contributed by atoms with van der Waals surface area (Å²) in [4.78, 5) is 26.3. The highest BCUT2D eigenvalue weighted by Crippen LogP contribution is 2.21. The Morgan fingerprint density at radius 1 is 1.42 bits per heavy atom. The molecule has 7 heteroatoms. The molecule has 0 saturated carbocycles. The van der Waals surface area contributed by atoms with Crippen molar-refractivity contribution in [3.8, 4) is 0 Å². The van der Waals surface area contributed by atoms with E-state index in [-0.39, 0.29) is 12.1 Å². The largest absolute Gasteiger partial charge is 0.480 e. The highest BCUT2D eigenvalue weighted by molar-refractivity contribution is 5.83. The fourth-order valence-corrected chi connectivity index (χ4v) is 2.17. The van der Waals surface area contributed by atoms with Crippen molar-refractivity contribution >= 4 is 12.0 Å². The summed E-state index contributed by atoms with van der Waals surface area (Å²) in [5.41, 5.74) is 0. The summed E-state index contributed by atoms with van der Waals surface area (Å²) in [6, 6.07) is -1.08. The van der Waals surface area contributed by atoms with Gasteiger partial charge in [0.1, 0.15) is 6.04 Å². The molecule has 2 unspecified atom stereocenters. The molecule has 7 nitrogen and oxygen atoms in total. The lowest BCUT2D eigenvalue weighted by Gasteiger charge is -2.27. The van der Waals surface area contributed by atoms with Gasteiger partial charge < -0.3 is 24.4 Å². The molecule has 0 radical (unpaired) electrons. The second-order valence-electron chi connectivity index (χ2n) is 4.65. The summed E-state index contributed by atoms with van der Waals surface area (Å²) >= 11 is 0. The monoisotopic (exact) mass is 274 g/mol.